The van der Waals surface area contributed by atoms with Crippen molar-refractivity contribution in [2.75, 3.05) is 12.4 Å². The molecule has 0 aliphatic carbocycles. The number of ether oxygens (including phenoxy) is 1. The molecule has 1 N–H and O–H groups in total. The topological polar surface area (TPSA) is 38.3 Å². The maximum atomic E-state index is 11.3. The number of anilines is 1. The number of rotatable bonds is 1. The Hall–Kier alpha value is -1.03. The fourth-order valence-corrected chi connectivity index (χ4v) is 1.97. The smallest absolute Gasteiger partial charge is 0.328 e. The van der Waals surface area contributed by atoms with Crippen molar-refractivity contribution in [3.8, 4) is 0 Å². The zero-order valence-electron chi connectivity index (χ0n) is 7.71. The van der Waals surface area contributed by atoms with Crippen LogP contribution in [-0.2, 0) is 16.0 Å². The number of carbonyl (C=O) groups excluding carboxylic acids is 1. The van der Waals surface area contributed by atoms with Gasteiger partial charge >= 0.3 is 5.97 Å². The third-order valence-corrected chi connectivity index (χ3v) is 2.80. The lowest BCUT2D eigenvalue weighted by Crippen LogP contribution is -2.27. The molecule has 0 bridgehead atoms. The van der Waals surface area contributed by atoms with Crippen molar-refractivity contribution in [3.05, 3.63) is 28.2 Å². The van der Waals surface area contributed by atoms with E-state index in [0.29, 0.717) is 6.42 Å². The van der Waals surface area contributed by atoms with Crippen molar-refractivity contribution in [1.29, 1.82) is 0 Å². The highest BCUT2D eigenvalue weighted by molar-refractivity contribution is 9.10. The zero-order valence-corrected chi connectivity index (χ0v) is 9.30. The van der Waals surface area contributed by atoms with Gasteiger partial charge in [-0.1, -0.05) is 22.0 Å². The summed E-state index contributed by atoms with van der Waals surface area (Å²) < 4.78 is 5.69. The summed E-state index contributed by atoms with van der Waals surface area (Å²) in [7, 11) is 1.41. The maximum Gasteiger partial charge on any atom is 0.328 e. The number of hydrogen-bond acceptors (Lipinski definition) is 3. The Balaban J connectivity index is 2.22. The Bertz CT molecular complexity index is 378. The van der Waals surface area contributed by atoms with E-state index in [-0.39, 0.29) is 12.0 Å². The van der Waals surface area contributed by atoms with Crippen LogP contribution in [0.3, 0.4) is 0 Å². The summed E-state index contributed by atoms with van der Waals surface area (Å²) >= 11 is 3.38. The highest BCUT2D eigenvalue weighted by Crippen LogP contribution is 2.29. The van der Waals surface area contributed by atoms with E-state index >= 15 is 0 Å². The summed E-state index contributed by atoms with van der Waals surface area (Å²) in [6.45, 7) is 0. The highest BCUT2D eigenvalue weighted by atomic mass is 79.9. The van der Waals surface area contributed by atoms with E-state index in [1.165, 1.54) is 7.11 Å². The Labute approximate surface area is 90.6 Å². The van der Waals surface area contributed by atoms with Gasteiger partial charge in [0.05, 0.1) is 7.11 Å². The molecular weight excluding hydrogens is 246 g/mol. The first-order valence-electron chi connectivity index (χ1n) is 4.33. The van der Waals surface area contributed by atoms with Gasteiger partial charge in [0.2, 0.25) is 0 Å². The maximum absolute atomic E-state index is 11.3. The molecule has 14 heavy (non-hydrogen) atoms. The number of methoxy groups -OCH3 is 1. The van der Waals surface area contributed by atoms with Crippen LogP contribution in [0, 0.1) is 0 Å². The van der Waals surface area contributed by atoms with Gasteiger partial charge in [-0.05, 0) is 17.7 Å². The van der Waals surface area contributed by atoms with Gasteiger partial charge in [-0.2, -0.15) is 0 Å². The first kappa shape index (κ1) is 9.52. The molecule has 0 unspecified atom stereocenters. The minimum atomic E-state index is -0.232. The minimum absolute atomic E-state index is 0.211. The molecule has 0 radical (unpaired) electrons. The van der Waals surface area contributed by atoms with Gasteiger partial charge in [-0.15, -0.1) is 0 Å². The molecule has 0 amide bonds. The fraction of sp³-hybridized carbons (Fsp3) is 0.300. The lowest BCUT2D eigenvalue weighted by molar-refractivity contribution is -0.141. The van der Waals surface area contributed by atoms with E-state index in [1.807, 2.05) is 18.2 Å². The molecule has 0 fully saturated rings. The Kier molecular flexibility index (Phi) is 2.46. The Morgan fingerprint density at radius 2 is 2.43 bits per heavy atom. The number of benzene rings is 1. The molecule has 1 aromatic rings. The van der Waals surface area contributed by atoms with Crippen molar-refractivity contribution in [2.45, 2.75) is 12.5 Å². The third kappa shape index (κ3) is 1.62. The molecule has 0 aromatic heterocycles. The van der Waals surface area contributed by atoms with E-state index in [2.05, 4.69) is 26.0 Å². The van der Waals surface area contributed by atoms with Gasteiger partial charge in [0, 0.05) is 16.6 Å². The first-order chi connectivity index (χ1) is 6.70. The molecule has 4 heteroatoms. The van der Waals surface area contributed by atoms with Gasteiger partial charge < -0.3 is 10.1 Å². The molecular formula is C10H10BrNO2. The second-order valence-corrected chi connectivity index (χ2v) is 4.14. The van der Waals surface area contributed by atoms with Crippen LogP contribution in [0.2, 0.25) is 0 Å². The zero-order chi connectivity index (χ0) is 10.1. The fourth-order valence-electron chi connectivity index (χ4n) is 1.60. The molecule has 1 aromatic carbocycles. The standard InChI is InChI=1S/C10H10BrNO2/c1-14-10(13)9-4-6-2-3-7(11)5-8(6)12-9/h2-3,5,9,12H,4H2,1H3/t9-/m0/s1. The van der Waals surface area contributed by atoms with Crippen LogP contribution < -0.4 is 5.32 Å². The minimum Gasteiger partial charge on any atom is -0.467 e. The molecule has 0 saturated heterocycles. The van der Waals surface area contributed by atoms with Crippen molar-refractivity contribution < 1.29 is 9.53 Å². The Morgan fingerprint density at radius 3 is 3.14 bits per heavy atom. The Morgan fingerprint density at radius 1 is 1.64 bits per heavy atom. The SMILES string of the molecule is COC(=O)[C@@H]1Cc2ccc(Br)cc2N1. The summed E-state index contributed by atoms with van der Waals surface area (Å²) in [5.41, 5.74) is 2.17. The highest BCUT2D eigenvalue weighted by Gasteiger charge is 2.27. The van der Waals surface area contributed by atoms with Gasteiger partial charge in [0.25, 0.3) is 0 Å². The lowest BCUT2D eigenvalue weighted by Gasteiger charge is -2.07. The summed E-state index contributed by atoms with van der Waals surface area (Å²) in [6, 6.07) is 5.72. The van der Waals surface area contributed by atoms with Crippen molar-refractivity contribution >= 4 is 27.6 Å². The monoisotopic (exact) mass is 255 g/mol. The normalized spacial score (nSPS) is 18.6. The van der Waals surface area contributed by atoms with Crippen LogP contribution in [0.15, 0.2) is 22.7 Å². The summed E-state index contributed by atoms with van der Waals surface area (Å²) in [4.78, 5) is 11.3. The number of hydrogen-bond donors (Lipinski definition) is 1. The molecule has 0 spiro atoms. The lowest BCUT2D eigenvalue weighted by atomic mass is 10.1. The van der Waals surface area contributed by atoms with Gasteiger partial charge in [0.15, 0.2) is 0 Å². The second-order valence-electron chi connectivity index (χ2n) is 3.23. The second kappa shape index (κ2) is 3.61. The van der Waals surface area contributed by atoms with E-state index in [0.717, 1.165) is 15.7 Å². The van der Waals surface area contributed by atoms with E-state index in [4.69, 9.17) is 0 Å². The molecule has 1 aliphatic heterocycles. The number of fused-ring (bicyclic) bond motifs is 1. The number of halogens is 1. The van der Waals surface area contributed by atoms with Gasteiger partial charge in [-0.3, -0.25) is 0 Å². The molecule has 74 valence electrons. The summed E-state index contributed by atoms with van der Waals surface area (Å²) in [5, 5.41) is 3.12. The molecule has 1 aliphatic rings. The third-order valence-electron chi connectivity index (χ3n) is 2.31. The molecule has 1 atom stereocenters. The summed E-state index contributed by atoms with van der Waals surface area (Å²) in [5.74, 6) is -0.211. The van der Waals surface area contributed by atoms with Crippen molar-refractivity contribution in [3.63, 3.8) is 0 Å². The predicted molar refractivity (Wildman–Crippen MR) is 57.3 cm³/mol. The van der Waals surface area contributed by atoms with Crippen LogP contribution in [0.4, 0.5) is 5.69 Å². The molecule has 3 nitrogen and oxygen atoms in total. The van der Waals surface area contributed by atoms with Gasteiger partial charge in [0.1, 0.15) is 6.04 Å². The van der Waals surface area contributed by atoms with Crippen molar-refractivity contribution in [1.82, 2.24) is 0 Å². The van der Waals surface area contributed by atoms with Gasteiger partial charge in [-0.25, -0.2) is 4.79 Å². The largest absolute Gasteiger partial charge is 0.467 e. The molecule has 1 heterocycles. The van der Waals surface area contributed by atoms with Crippen LogP contribution in [0.5, 0.6) is 0 Å². The average Bonchev–Trinajstić information content (AvgIpc) is 2.59. The molecule has 0 saturated carbocycles. The van der Waals surface area contributed by atoms with Crippen molar-refractivity contribution in [2.24, 2.45) is 0 Å². The molecule has 2 rings (SSSR count). The average molecular weight is 256 g/mol. The van der Waals surface area contributed by atoms with E-state index in [9.17, 15) is 4.79 Å². The number of carbonyl (C=O) groups is 1. The van der Waals surface area contributed by atoms with Crippen LogP contribution in [-0.4, -0.2) is 19.1 Å². The van der Waals surface area contributed by atoms with E-state index < -0.39 is 0 Å². The quantitative estimate of drug-likeness (QED) is 0.780. The van der Waals surface area contributed by atoms with E-state index in [1.54, 1.807) is 0 Å². The van der Waals surface area contributed by atoms with Crippen LogP contribution >= 0.6 is 15.9 Å². The number of esters is 1. The first-order valence-corrected chi connectivity index (χ1v) is 5.13. The number of nitrogens with one attached hydrogen (secondary N) is 1. The summed E-state index contributed by atoms with van der Waals surface area (Å²) in [6.07, 6.45) is 0.704. The van der Waals surface area contributed by atoms with Crippen LogP contribution in [0.1, 0.15) is 5.56 Å². The predicted octanol–water partition coefficient (Wildman–Crippen LogP) is 1.96. The van der Waals surface area contributed by atoms with Crippen LogP contribution in [0.25, 0.3) is 0 Å².